The van der Waals surface area contributed by atoms with E-state index in [0.717, 1.165) is 12.4 Å². The van der Waals surface area contributed by atoms with E-state index in [1.165, 1.54) is 18.7 Å². The fourth-order valence-electron chi connectivity index (χ4n) is 3.22. The third kappa shape index (κ3) is 2.56. The molecule has 0 fully saturated rings. The summed E-state index contributed by atoms with van der Waals surface area (Å²) in [6.07, 6.45) is 2.37. The highest BCUT2D eigenvalue weighted by molar-refractivity contribution is 5.14. The van der Waals surface area contributed by atoms with E-state index in [1.54, 1.807) is 0 Å². The smallest absolute Gasteiger partial charge is 0.153 e. The highest BCUT2D eigenvalue weighted by Gasteiger charge is 2.42. The summed E-state index contributed by atoms with van der Waals surface area (Å²) in [7, 11) is 0. The molecule has 0 bridgehead atoms. The highest BCUT2D eigenvalue weighted by atomic mass is 15.4. The molecule has 19 heavy (non-hydrogen) atoms. The number of nitrogens with zero attached hydrogens (tertiary/aromatic N) is 3. The first kappa shape index (κ1) is 14.5. The average Bonchev–Trinajstić information content (AvgIpc) is 2.66. The maximum absolute atomic E-state index is 4.90. The second-order valence-electron chi connectivity index (χ2n) is 7.83. The fourth-order valence-corrected chi connectivity index (χ4v) is 3.22. The first-order chi connectivity index (χ1) is 8.66. The molecule has 1 atom stereocenters. The van der Waals surface area contributed by atoms with Gasteiger partial charge in [-0.25, -0.2) is 9.67 Å². The zero-order valence-corrected chi connectivity index (χ0v) is 13.6. The molecule has 108 valence electrons. The van der Waals surface area contributed by atoms with Crippen molar-refractivity contribution in [2.24, 2.45) is 11.3 Å². The lowest BCUT2D eigenvalue weighted by Crippen LogP contribution is -2.34. The number of fused-ring (bicyclic) bond motifs is 1. The highest BCUT2D eigenvalue weighted by Crippen LogP contribution is 2.45. The normalized spacial score (nSPS) is 26.6. The van der Waals surface area contributed by atoms with Crippen molar-refractivity contribution in [3.05, 3.63) is 11.6 Å². The molecule has 0 spiro atoms. The van der Waals surface area contributed by atoms with Crippen molar-refractivity contribution in [2.45, 2.75) is 79.2 Å². The molecule has 0 aliphatic carbocycles. The molecule has 2 rings (SSSR count). The van der Waals surface area contributed by atoms with Gasteiger partial charge in [-0.1, -0.05) is 48.5 Å². The molecule has 3 nitrogen and oxygen atoms in total. The van der Waals surface area contributed by atoms with Gasteiger partial charge in [0, 0.05) is 17.9 Å². The molecule has 0 radical (unpaired) electrons. The Bertz CT molecular complexity index is 457. The molecule has 0 saturated heterocycles. The standard InChI is InChI=1S/C16H29N3/c1-11(2)13-17-14-16(7,12(3)4)10-15(5,6)8-9-19(14)18-13/h11-12H,8-10H2,1-7H3. The summed E-state index contributed by atoms with van der Waals surface area (Å²) in [4.78, 5) is 4.90. The third-order valence-electron chi connectivity index (χ3n) is 4.84. The van der Waals surface area contributed by atoms with Crippen molar-refractivity contribution < 1.29 is 0 Å². The van der Waals surface area contributed by atoms with Gasteiger partial charge in [0.2, 0.25) is 0 Å². The summed E-state index contributed by atoms with van der Waals surface area (Å²) in [5.74, 6) is 3.19. The monoisotopic (exact) mass is 263 g/mol. The van der Waals surface area contributed by atoms with E-state index in [9.17, 15) is 0 Å². The van der Waals surface area contributed by atoms with Crippen molar-refractivity contribution >= 4 is 0 Å². The maximum Gasteiger partial charge on any atom is 0.153 e. The molecule has 0 amide bonds. The van der Waals surface area contributed by atoms with Crippen LogP contribution in [-0.2, 0) is 12.0 Å². The first-order valence-corrected chi connectivity index (χ1v) is 7.61. The maximum atomic E-state index is 4.90. The van der Waals surface area contributed by atoms with Gasteiger partial charge in [0.05, 0.1) is 0 Å². The Hall–Kier alpha value is -0.860. The van der Waals surface area contributed by atoms with Crippen molar-refractivity contribution in [1.82, 2.24) is 14.8 Å². The van der Waals surface area contributed by atoms with Crippen LogP contribution >= 0.6 is 0 Å². The lowest BCUT2D eigenvalue weighted by Gasteiger charge is -2.37. The molecule has 0 saturated carbocycles. The Morgan fingerprint density at radius 3 is 2.26 bits per heavy atom. The van der Waals surface area contributed by atoms with Crippen LogP contribution in [-0.4, -0.2) is 14.8 Å². The van der Waals surface area contributed by atoms with E-state index in [2.05, 4.69) is 53.1 Å². The molecule has 1 aliphatic rings. The second-order valence-corrected chi connectivity index (χ2v) is 7.83. The van der Waals surface area contributed by atoms with Crippen molar-refractivity contribution in [3.8, 4) is 0 Å². The Morgan fingerprint density at radius 1 is 1.11 bits per heavy atom. The fraction of sp³-hybridized carbons (Fsp3) is 0.875. The van der Waals surface area contributed by atoms with Gasteiger partial charge in [-0.2, -0.15) is 5.10 Å². The summed E-state index contributed by atoms with van der Waals surface area (Å²) in [5.41, 5.74) is 0.486. The van der Waals surface area contributed by atoms with Crippen LogP contribution in [0.1, 0.15) is 78.9 Å². The topological polar surface area (TPSA) is 30.7 Å². The molecule has 1 unspecified atom stereocenters. The van der Waals surface area contributed by atoms with Crippen molar-refractivity contribution in [3.63, 3.8) is 0 Å². The summed E-state index contributed by atoms with van der Waals surface area (Å²) in [5, 5.41) is 4.76. The van der Waals surface area contributed by atoms with E-state index >= 15 is 0 Å². The number of rotatable bonds is 2. The molecule has 3 heteroatoms. The summed E-state index contributed by atoms with van der Waals surface area (Å²) in [6, 6.07) is 0. The van der Waals surface area contributed by atoms with Gasteiger partial charge in [0.25, 0.3) is 0 Å². The van der Waals surface area contributed by atoms with E-state index in [1.807, 2.05) is 0 Å². The van der Waals surface area contributed by atoms with E-state index < -0.39 is 0 Å². The minimum absolute atomic E-state index is 0.125. The van der Waals surface area contributed by atoms with E-state index in [4.69, 9.17) is 10.1 Å². The van der Waals surface area contributed by atoms with Crippen LogP contribution in [0.25, 0.3) is 0 Å². The molecule has 0 N–H and O–H groups in total. The zero-order valence-electron chi connectivity index (χ0n) is 13.6. The van der Waals surface area contributed by atoms with Crippen LogP contribution in [0, 0.1) is 11.3 Å². The summed E-state index contributed by atoms with van der Waals surface area (Å²) >= 11 is 0. The number of hydrogen-bond donors (Lipinski definition) is 0. The Labute approximate surface area is 117 Å². The number of aromatic nitrogens is 3. The SMILES string of the molecule is CC(C)c1nc2n(n1)CCC(C)(C)CC2(C)C(C)C. The minimum Gasteiger partial charge on any atom is -0.249 e. The Morgan fingerprint density at radius 2 is 1.74 bits per heavy atom. The minimum atomic E-state index is 0.125. The quantitative estimate of drug-likeness (QED) is 0.803. The van der Waals surface area contributed by atoms with Crippen LogP contribution in [0.3, 0.4) is 0 Å². The predicted molar refractivity (Wildman–Crippen MR) is 79.3 cm³/mol. The molecular weight excluding hydrogens is 234 g/mol. The average molecular weight is 263 g/mol. The summed E-state index contributed by atoms with van der Waals surface area (Å²) < 4.78 is 2.18. The molecular formula is C16H29N3. The number of aryl methyl sites for hydroxylation is 1. The van der Waals surface area contributed by atoms with Gasteiger partial charge < -0.3 is 0 Å². The first-order valence-electron chi connectivity index (χ1n) is 7.61. The Kier molecular flexibility index (Phi) is 3.53. The molecule has 0 aromatic carbocycles. The summed E-state index contributed by atoms with van der Waals surface area (Å²) in [6.45, 7) is 17.1. The molecule has 2 heterocycles. The van der Waals surface area contributed by atoms with E-state index in [-0.39, 0.29) is 5.41 Å². The lowest BCUT2D eigenvalue weighted by atomic mass is 9.67. The molecule has 1 aliphatic heterocycles. The van der Waals surface area contributed by atoms with Crippen LogP contribution in [0.2, 0.25) is 0 Å². The molecule has 1 aromatic heterocycles. The molecule has 1 aromatic rings. The van der Waals surface area contributed by atoms with E-state index in [0.29, 0.717) is 17.3 Å². The largest absolute Gasteiger partial charge is 0.249 e. The lowest BCUT2D eigenvalue weighted by molar-refractivity contribution is 0.192. The predicted octanol–water partition coefficient (Wildman–Crippen LogP) is 4.14. The second kappa shape index (κ2) is 4.60. The van der Waals surface area contributed by atoms with Gasteiger partial charge in [-0.05, 0) is 24.2 Å². The number of hydrogen-bond acceptors (Lipinski definition) is 2. The van der Waals surface area contributed by atoms with Crippen LogP contribution < -0.4 is 0 Å². The van der Waals surface area contributed by atoms with Crippen LogP contribution in [0.15, 0.2) is 0 Å². The van der Waals surface area contributed by atoms with Gasteiger partial charge in [0.1, 0.15) is 5.82 Å². The van der Waals surface area contributed by atoms with Gasteiger partial charge in [0.15, 0.2) is 5.82 Å². The van der Waals surface area contributed by atoms with Crippen molar-refractivity contribution in [2.75, 3.05) is 0 Å². The van der Waals surface area contributed by atoms with Gasteiger partial charge in [-0.15, -0.1) is 0 Å². The van der Waals surface area contributed by atoms with Crippen molar-refractivity contribution in [1.29, 1.82) is 0 Å². The Balaban J connectivity index is 2.52. The van der Waals surface area contributed by atoms with Crippen LogP contribution in [0.5, 0.6) is 0 Å². The van der Waals surface area contributed by atoms with Gasteiger partial charge in [-0.3, -0.25) is 0 Å². The zero-order chi connectivity index (χ0) is 14.4. The third-order valence-corrected chi connectivity index (χ3v) is 4.84. The van der Waals surface area contributed by atoms with Crippen LogP contribution in [0.4, 0.5) is 0 Å². The van der Waals surface area contributed by atoms with Gasteiger partial charge >= 0.3 is 0 Å².